The lowest BCUT2D eigenvalue weighted by Crippen LogP contribution is -2.16. The molecule has 2 rings (SSSR count). The first-order valence-corrected chi connectivity index (χ1v) is 5.18. The highest BCUT2D eigenvalue weighted by Gasteiger charge is 2.03. The van der Waals surface area contributed by atoms with Gasteiger partial charge in [0.25, 0.3) is 0 Å². The van der Waals surface area contributed by atoms with E-state index < -0.39 is 0 Å². The smallest absolute Gasteiger partial charge is 0.250 e. The van der Waals surface area contributed by atoms with Crippen LogP contribution in [0.25, 0.3) is 11.3 Å². The van der Waals surface area contributed by atoms with E-state index in [-0.39, 0.29) is 12.5 Å². The monoisotopic (exact) mass is 231 g/mol. The van der Waals surface area contributed by atoms with E-state index in [4.69, 9.17) is 4.74 Å². The number of carbonyl (C=O) groups excluding carboxylic acids is 1. The zero-order valence-corrected chi connectivity index (χ0v) is 9.43. The molecule has 2 N–H and O–H groups in total. The zero-order valence-electron chi connectivity index (χ0n) is 9.43. The van der Waals surface area contributed by atoms with Gasteiger partial charge in [-0.25, -0.2) is 0 Å². The van der Waals surface area contributed by atoms with E-state index in [1.54, 1.807) is 6.20 Å². The molecule has 0 radical (unpaired) electrons. The maximum Gasteiger partial charge on any atom is 0.250 e. The molecular weight excluding hydrogens is 218 g/mol. The van der Waals surface area contributed by atoms with E-state index in [1.807, 2.05) is 30.3 Å². The molecule has 1 aromatic carbocycles. The summed E-state index contributed by atoms with van der Waals surface area (Å²) in [5.74, 6) is -0.172. The van der Waals surface area contributed by atoms with Gasteiger partial charge < -0.3 is 10.1 Å². The number of hydrogen-bond donors (Lipinski definition) is 2. The lowest BCUT2D eigenvalue weighted by Gasteiger charge is -2.05. The average molecular weight is 231 g/mol. The number of nitrogens with zero attached hydrogens (tertiary/aromatic N) is 1. The number of anilines is 1. The van der Waals surface area contributed by atoms with Crippen LogP contribution < -0.4 is 5.32 Å². The van der Waals surface area contributed by atoms with Crippen LogP contribution in [0, 0.1) is 0 Å². The normalized spacial score (nSPS) is 10.2. The van der Waals surface area contributed by atoms with Gasteiger partial charge in [0.15, 0.2) is 0 Å². The molecule has 0 aliphatic rings. The Labute approximate surface area is 98.8 Å². The van der Waals surface area contributed by atoms with Crippen molar-refractivity contribution in [2.75, 3.05) is 19.0 Å². The first-order valence-electron chi connectivity index (χ1n) is 5.18. The summed E-state index contributed by atoms with van der Waals surface area (Å²) in [5.41, 5.74) is 2.62. The molecule has 5 nitrogen and oxygen atoms in total. The number of carbonyl (C=O) groups is 1. The molecule has 88 valence electrons. The predicted octanol–water partition coefficient (Wildman–Crippen LogP) is 1.66. The predicted molar refractivity (Wildman–Crippen MR) is 64.5 cm³/mol. The molecule has 2 aromatic rings. The largest absolute Gasteiger partial charge is 0.375 e. The molecule has 1 heterocycles. The molecule has 1 aromatic heterocycles. The molecule has 0 saturated heterocycles. The molecule has 0 fully saturated rings. The highest BCUT2D eigenvalue weighted by molar-refractivity contribution is 5.92. The van der Waals surface area contributed by atoms with Crippen LogP contribution in [0.1, 0.15) is 0 Å². The highest BCUT2D eigenvalue weighted by atomic mass is 16.5. The Bertz CT molecular complexity index is 494. The maximum atomic E-state index is 11.4. The van der Waals surface area contributed by atoms with Crippen molar-refractivity contribution in [3.63, 3.8) is 0 Å². The van der Waals surface area contributed by atoms with E-state index in [1.165, 1.54) is 7.11 Å². The zero-order chi connectivity index (χ0) is 12.1. The van der Waals surface area contributed by atoms with Gasteiger partial charge >= 0.3 is 0 Å². The quantitative estimate of drug-likeness (QED) is 0.841. The van der Waals surface area contributed by atoms with Gasteiger partial charge in [-0.05, 0) is 18.2 Å². The number of amides is 1. The van der Waals surface area contributed by atoms with Crippen molar-refractivity contribution < 1.29 is 9.53 Å². The number of aromatic nitrogens is 2. The van der Waals surface area contributed by atoms with E-state index in [2.05, 4.69) is 15.5 Å². The highest BCUT2D eigenvalue weighted by Crippen LogP contribution is 2.20. The maximum absolute atomic E-state index is 11.4. The number of aromatic amines is 1. The van der Waals surface area contributed by atoms with E-state index >= 15 is 0 Å². The lowest BCUT2D eigenvalue weighted by atomic mass is 10.1. The SMILES string of the molecule is COCC(=O)Nc1cccc(-c2ccn[nH]2)c1. The minimum Gasteiger partial charge on any atom is -0.375 e. The number of H-pyrrole nitrogens is 1. The standard InChI is InChI=1S/C12H13N3O2/c1-17-8-12(16)14-10-4-2-3-9(7-10)11-5-6-13-15-11/h2-7H,8H2,1H3,(H,13,15)(H,14,16). The summed E-state index contributed by atoms with van der Waals surface area (Å²) >= 11 is 0. The second kappa shape index (κ2) is 5.27. The van der Waals surface area contributed by atoms with Crippen molar-refractivity contribution >= 4 is 11.6 Å². The molecule has 0 bridgehead atoms. The Morgan fingerprint density at radius 2 is 2.35 bits per heavy atom. The number of hydrogen-bond acceptors (Lipinski definition) is 3. The van der Waals surface area contributed by atoms with Crippen molar-refractivity contribution in [2.45, 2.75) is 0 Å². The van der Waals surface area contributed by atoms with E-state index in [0.717, 1.165) is 16.9 Å². The topological polar surface area (TPSA) is 67.0 Å². The van der Waals surface area contributed by atoms with Crippen molar-refractivity contribution in [1.82, 2.24) is 10.2 Å². The van der Waals surface area contributed by atoms with Gasteiger partial charge in [0.1, 0.15) is 6.61 Å². The third-order valence-electron chi connectivity index (χ3n) is 2.23. The third kappa shape index (κ3) is 2.92. The summed E-state index contributed by atoms with van der Waals surface area (Å²) in [4.78, 5) is 11.4. The fourth-order valence-electron chi connectivity index (χ4n) is 1.51. The summed E-state index contributed by atoms with van der Waals surface area (Å²) in [6.07, 6.45) is 1.69. The molecule has 0 unspecified atom stereocenters. The van der Waals surface area contributed by atoms with Crippen LogP contribution in [0.15, 0.2) is 36.5 Å². The van der Waals surface area contributed by atoms with Crippen molar-refractivity contribution in [3.05, 3.63) is 36.5 Å². The van der Waals surface area contributed by atoms with Gasteiger partial charge in [-0.1, -0.05) is 12.1 Å². The minimum absolute atomic E-state index is 0.0499. The molecule has 5 heteroatoms. The van der Waals surface area contributed by atoms with Gasteiger partial charge in [0.2, 0.25) is 5.91 Å². The number of nitrogens with one attached hydrogen (secondary N) is 2. The molecular formula is C12H13N3O2. The lowest BCUT2D eigenvalue weighted by molar-refractivity contribution is -0.119. The number of ether oxygens (including phenoxy) is 1. The fraction of sp³-hybridized carbons (Fsp3) is 0.167. The van der Waals surface area contributed by atoms with Gasteiger partial charge in [0.05, 0.1) is 5.69 Å². The summed E-state index contributed by atoms with van der Waals surface area (Å²) in [5, 5.41) is 9.50. The number of methoxy groups -OCH3 is 1. The van der Waals surface area contributed by atoms with Gasteiger partial charge in [0, 0.05) is 24.6 Å². The Balaban J connectivity index is 2.15. The molecule has 0 saturated carbocycles. The second-order valence-electron chi connectivity index (χ2n) is 3.53. The molecule has 17 heavy (non-hydrogen) atoms. The van der Waals surface area contributed by atoms with Crippen LogP contribution in [0.4, 0.5) is 5.69 Å². The van der Waals surface area contributed by atoms with Crippen molar-refractivity contribution in [3.8, 4) is 11.3 Å². The second-order valence-corrected chi connectivity index (χ2v) is 3.53. The summed E-state index contributed by atoms with van der Waals surface area (Å²) < 4.78 is 4.75. The summed E-state index contributed by atoms with van der Waals surface area (Å²) in [6.45, 7) is 0.0499. The summed E-state index contributed by atoms with van der Waals surface area (Å²) in [7, 11) is 1.49. The van der Waals surface area contributed by atoms with Crippen molar-refractivity contribution in [2.24, 2.45) is 0 Å². The van der Waals surface area contributed by atoms with Gasteiger partial charge in [-0.2, -0.15) is 5.10 Å². The first kappa shape index (κ1) is 11.3. The van der Waals surface area contributed by atoms with Crippen LogP contribution in [-0.4, -0.2) is 29.8 Å². The van der Waals surface area contributed by atoms with E-state index in [0.29, 0.717) is 0 Å². The Morgan fingerprint density at radius 3 is 3.06 bits per heavy atom. The Kier molecular flexibility index (Phi) is 3.52. The minimum atomic E-state index is -0.172. The van der Waals surface area contributed by atoms with Crippen LogP contribution in [0.5, 0.6) is 0 Å². The molecule has 0 aliphatic heterocycles. The third-order valence-corrected chi connectivity index (χ3v) is 2.23. The Hall–Kier alpha value is -2.14. The number of rotatable bonds is 4. The average Bonchev–Trinajstić information content (AvgIpc) is 2.83. The molecule has 1 amide bonds. The number of benzene rings is 1. The first-order chi connectivity index (χ1) is 8.29. The van der Waals surface area contributed by atoms with Crippen LogP contribution in [0.3, 0.4) is 0 Å². The van der Waals surface area contributed by atoms with Crippen molar-refractivity contribution in [1.29, 1.82) is 0 Å². The Morgan fingerprint density at radius 1 is 1.47 bits per heavy atom. The van der Waals surface area contributed by atoms with Gasteiger partial charge in [-0.3, -0.25) is 9.89 Å². The molecule has 0 aliphatic carbocycles. The fourth-order valence-corrected chi connectivity index (χ4v) is 1.51. The molecule has 0 atom stereocenters. The van der Waals surface area contributed by atoms with E-state index in [9.17, 15) is 4.79 Å². The van der Waals surface area contributed by atoms with Crippen LogP contribution in [-0.2, 0) is 9.53 Å². The summed E-state index contributed by atoms with van der Waals surface area (Å²) in [6, 6.07) is 9.39. The van der Waals surface area contributed by atoms with Crippen LogP contribution in [0.2, 0.25) is 0 Å². The molecule has 0 spiro atoms. The van der Waals surface area contributed by atoms with Gasteiger partial charge in [-0.15, -0.1) is 0 Å². The van der Waals surface area contributed by atoms with Crippen LogP contribution >= 0.6 is 0 Å².